The van der Waals surface area contributed by atoms with Gasteiger partial charge in [0, 0.05) is 19.6 Å². The first-order valence-corrected chi connectivity index (χ1v) is 6.28. The van der Waals surface area contributed by atoms with Crippen LogP contribution in [0, 0.1) is 0 Å². The number of hydrazine groups is 1. The predicted molar refractivity (Wildman–Crippen MR) is 51.4 cm³/mol. The van der Waals surface area contributed by atoms with Crippen LogP contribution in [0.3, 0.4) is 0 Å². The summed E-state index contributed by atoms with van der Waals surface area (Å²) >= 11 is 0. The lowest BCUT2D eigenvalue weighted by Gasteiger charge is -2.26. The average Bonchev–Trinajstić information content (AvgIpc) is 2.04. The summed E-state index contributed by atoms with van der Waals surface area (Å²) in [7, 11) is -3.31. The third kappa shape index (κ3) is 5.20. The van der Waals surface area contributed by atoms with Crippen molar-refractivity contribution in [2.45, 2.75) is 19.3 Å². The number of nitrogens with zero attached hydrogens (tertiary/aromatic N) is 1. The SMILES string of the molecule is NS(=O)(=O)CCNN1CCCCC1. The van der Waals surface area contributed by atoms with Gasteiger partial charge >= 0.3 is 0 Å². The van der Waals surface area contributed by atoms with Gasteiger partial charge in [0.1, 0.15) is 0 Å². The molecule has 0 bridgehead atoms. The maximum Gasteiger partial charge on any atom is 0.210 e. The minimum atomic E-state index is -3.31. The zero-order valence-electron chi connectivity index (χ0n) is 7.70. The first kappa shape index (κ1) is 10.9. The van der Waals surface area contributed by atoms with Crippen LogP contribution in [0.4, 0.5) is 0 Å². The van der Waals surface area contributed by atoms with Crippen LogP contribution < -0.4 is 10.6 Å². The number of rotatable bonds is 4. The van der Waals surface area contributed by atoms with Gasteiger partial charge in [-0.3, -0.25) is 5.43 Å². The molecular formula is C7H17N3O2S. The first-order chi connectivity index (χ1) is 6.08. The lowest BCUT2D eigenvalue weighted by atomic mass is 10.2. The van der Waals surface area contributed by atoms with Gasteiger partial charge in [0.05, 0.1) is 5.75 Å². The van der Waals surface area contributed by atoms with Crippen LogP contribution in [0.25, 0.3) is 0 Å². The van der Waals surface area contributed by atoms with Crippen LogP contribution in [0.1, 0.15) is 19.3 Å². The number of sulfonamides is 1. The molecule has 1 aliphatic rings. The zero-order chi connectivity index (χ0) is 9.73. The Morgan fingerprint density at radius 1 is 1.23 bits per heavy atom. The fraction of sp³-hybridized carbons (Fsp3) is 1.00. The molecule has 0 radical (unpaired) electrons. The van der Waals surface area contributed by atoms with Crippen molar-refractivity contribution in [3.05, 3.63) is 0 Å². The summed E-state index contributed by atoms with van der Waals surface area (Å²) in [4.78, 5) is 0. The molecule has 0 aliphatic carbocycles. The highest BCUT2D eigenvalue weighted by atomic mass is 32.2. The molecule has 0 amide bonds. The smallest absolute Gasteiger partial charge is 0.210 e. The maximum atomic E-state index is 10.6. The molecule has 1 aliphatic heterocycles. The van der Waals surface area contributed by atoms with E-state index in [-0.39, 0.29) is 5.75 Å². The molecule has 0 aromatic heterocycles. The molecule has 0 aromatic rings. The second-order valence-electron chi connectivity index (χ2n) is 3.32. The number of piperidine rings is 1. The maximum absolute atomic E-state index is 10.6. The fourth-order valence-electron chi connectivity index (χ4n) is 1.40. The van der Waals surface area contributed by atoms with E-state index >= 15 is 0 Å². The predicted octanol–water partition coefficient (Wildman–Crippen LogP) is -0.735. The molecule has 13 heavy (non-hydrogen) atoms. The largest absolute Gasteiger partial charge is 0.254 e. The third-order valence-electron chi connectivity index (χ3n) is 2.08. The van der Waals surface area contributed by atoms with E-state index in [1.165, 1.54) is 19.3 Å². The molecule has 78 valence electrons. The summed E-state index contributed by atoms with van der Waals surface area (Å²) in [6.45, 7) is 2.42. The number of nitrogens with two attached hydrogens (primary N) is 1. The highest BCUT2D eigenvalue weighted by molar-refractivity contribution is 7.89. The van der Waals surface area contributed by atoms with Crippen LogP contribution in [-0.4, -0.2) is 38.8 Å². The van der Waals surface area contributed by atoms with Gasteiger partial charge in [-0.25, -0.2) is 18.6 Å². The van der Waals surface area contributed by atoms with E-state index in [0.717, 1.165) is 13.1 Å². The fourth-order valence-corrected chi connectivity index (χ4v) is 1.77. The molecule has 0 spiro atoms. The summed E-state index contributed by atoms with van der Waals surface area (Å²) < 4.78 is 21.2. The molecule has 5 nitrogen and oxygen atoms in total. The highest BCUT2D eigenvalue weighted by Crippen LogP contribution is 2.05. The Kier molecular flexibility index (Phi) is 4.11. The Morgan fingerprint density at radius 3 is 2.38 bits per heavy atom. The van der Waals surface area contributed by atoms with Crippen molar-refractivity contribution in [2.24, 2.45) is 5.14 Å². The van der Waals surface area contributed by atoms with Crippen LogP contribution in [-0.2, 0) is 10.0 Å². The normalized spacial score (nSPS) is 20.4. The molecule has 1 fully saturated rings. The van der Waals surface area contributed by atoms with Crippen molar-refractivity contribution in [2.75, 3.05) is 25.4 Å². The molecular weight excluding hydrogens is 190 g/mol. The van der Waals surface area contributed by atoms with Crippen LogP contribution in [0.15, 0.2) is 0 Å². The summed E-state index contributed by atoms with van der Waals surface area (Å²) in [6.07, 6.45) is 3.64. The number of hydrogen-bond donors (Lipinski definition) is 2. The summed E-state index contributed by atoms with van der Waals surface area (Å²) in [5, 5.41) is 6.93. The van der Waals surface area contributed by atoms with E-state index in [2.05, 4.69) is 10.4 Å². The van der Waals surface area contributed by atoms with E-state index in [9.17, 15) is 8.42 Å². The average molecular weight is 207 g/mol. The van der Waals surface area contributed by atoms with Gasteiger partial charge < -0.3 is 0 Å². The van der Waals surface area contributed by atoms with E-state index in [1.807, 2.05) is 0 Å². The zero-order valence-corrected chi connectivity index (χ0v) is 8.52. The monoisotopic (exact) mass is 207 g/mol. The van der Waals surface area contributed by atoms with Crippen LogP contribution in [0.5, 0.6) is 0 Å². The van der Waals surface area contributed by atoms with Gasteiger partial charge in [-0.1, -0.05) is 6.42 Å². The van der Waals surface area contributed by atoms with E-state index in [1.54, 1.807) is 0 Å². The lowest BCUT2D eigenvalue weighted by Crippen LogP contribution is -2.44. The standard InChI is InChI=1S/C7H17N3O2S/c8-13(11,12)7-4-9-10-5-2-1-3-6-10/h9H,1-7H2,(H2,8,11,12). The molecule has 1 heterocycles. The van der Waals surface area contributed by atoms with Gasteiger partial charge in [-0.15, -0.1) is 0 Å². The van der Waals surface area contributed by atoms with Gasteiger partial charge in [0.15, 0.2) is 0 Å². The van der Waals surface area contributed by atoms with Crippen molar-refractivity contribution < 1.29 is 8.42 Å². The molecule has 0 unspecified atom stereocenters. The van der Waals surface area contributed by atoms with Crippen LogP contribution in [0.2, 0.25) is 0 Å². The van der Waals surface area contributed by atoms with E-state index < -0.39 is 10.0 Å². The van der Waals surface area contributed by atoms with Crippen LogP contribution >= 0.6 is 0 Å². The Balaban J connectivity index is 2.11. The molecule has 3 N–H and O–H groups in total. The van der Waals surface area contributed by atoms with Gasteiger partial charge in [0.2, 0.25) is 10.0 Å². The Bertz CT molecular complexity index is 234. The number of nitrogens with one attached hydrogen (secondary N) is 1. The van der Waals surface area contributed by atoms with Crippen molar-refractivity contribution in [1.29, 1.82) is 0 Å². The quantitative estimate of drug-likeness (QED) is 0.637. The van der Waals surface area contributed by atoms with Gasteiger partial charge in [-0.2, -0.15) is 0 Å². The van der Waals surface area contributed by atoms with Crippen molar-refractivity contribution in [1.82, 2.24) is 10.4 Å². The highest BCUT2D eigenvalue weighted by Gasteiger charge is 2.09. The summed E-state index contributed by atoms with van der Waals surface area (Å²) in [5.74, 6) is 0.00347. The van der Waals surface area contributed by atoms with Crippen molar-refractivity contribution in [3.63, 3.8) is 0 Å². The van der Waals surface area contributed by atoms with Gasteiger partial charge in [-0.05, 0) is 12.8 Å². The molecule has 0 saturated carbocycles. The Labute approximate surface area is 79.3 Å². The Morgan fingerprint density at radius 2 is 1.85 bits per heavy atom. The molecule has 1 saturated heterocycles. The minimum absolute atomic E-state index is 0.00347. The topological polar surface area (TPSA) is 75.4 Å². The molecule has 1 rings (SSSR count). The lowest BCUT2D eigenvalue weighted by molar-refractivity contribution is 0.159. The van der Waals surface area contributed by atoms with E-state index in [0.29, 0.717) is 6.54 Å². The first-order valence-electron chi connectivity index (χ1n) is 4.57. The second kappa shape index (κ2) is 4.90. The Hall–Kier alpha value is -0.170. The van der Waals surface area contributed by atoms with E-state index in [4.69, 9.17) is 5.14 Å². The number of primary sulfonamides is 1. The molecule has 6 heteroatoms. The number of hydrogen-bond acceptors (Lipinski definition) is 4. The van der Waals surface area contributed by atoms with Crippen molar-refractivity contribution in [3.8, 4) is 0 Å². The van der Waals surface area contributed by atoms with Gasteiger partial charge in [0.25, 0.3) is 0 Å². The molecule has 0 atom stereocenters. The third-order valence-corrected chi connectivity index (χ3v) is 2.85. The van der Waals surface area contributed by atoms with Crippen molar-refractivity contribution >= 4 is 10.0 Å². The summed E-state index contributed by atoms with van der Waals surface area (Å²) in [5.41, 5.74) is 3.05. The minimum Gasteiger partial charge on any atom is -0.254 e. The summed E-state index contributed by atoms with van der Waals surface area (Å²) in [6, 6.07) is 0. The second-order valence-corrected chi connectivity index (χ2v) is 5.06. The molecule has 0 aromatic carbocycles.